The molecule has 0 saturated heterocycles. The summed E-state index contributed by atoms with van der Waals surface area (Å²) >= 11 is 0. The summed E-state index contributed by atoms with van der Waals surface area (Å²) in [7, 11) is 1.69. The quantitative estimate of drug-likeness (QED) is 0.815. The van der Waals surface area contributed by atoms with E-state index in [-0.39, 0.29) is 23.7 Å². The lowest BCUT2D eigenvalue weighted by Crippen LogP contribution is -2.37. The number of rotatable bonds is 5. The molecule has 18 heavy (non-hydrogen) atoms. The minimum atomic E-state index is -0.562. The first-order chi connectivity index (χ1) is 8.43. The molecule has 0 aliphatic carbocycles. The van der Waals surface area contributed by atoms with Crippen molar-refractivity contribution in [3.05, 3.63) is 12.0 Å². The fourth-order valence-electron chi connectivity index (χ4n) is 1.41. The van der Waals surface area contributed by atoms with E-state index in [1.54, 1.807) is 11.9 Å². The molecule has 0 saturated carbocycles. The summed E-state index contributed by atoms with van der Waals surface area (Å²) in [6.45, 7) is 3.89. The zero-order chi connectivity index (χ0) is 13.7. The highest BCUT2D eigenvalue weighted by Gasteiger charge is 2.14. The summed E-state index contributed by atoms with van der Waals surface area (Å²) < 4.78 is 13.4. The Morgan fingerprint density at radius 3 is 2.89 bits per heavy atom. The van der Waals surface area contributed by atoms with Crippen molar-refractivity contribution in [3.8, 4) is 0 Å². The molecule has 1 unspecified atom stereocenters. The average Bonchev–Trinajstić information content (AvgIpc) is 2.32. The number of aromatic nitrogens is 2. The summed E-state index contributed by atoms with van der Waals surface area (Å²) in [5, 5.41) is 2.92. The predicted molar refractivity (Wildman–Crippen MR) is 67.4 cm³/mol. The molecule has 3 N–H and O–H groups in total. The minimum Gasteiger partial charge on any atom is -0.368 e. The summed E-state index contributed by atoms with van der Waals surface area (Å²) in [6, 6.07) is -0.0947. The van der Waals surface area contributed by atoms with Crippen LogP contribution in [-0.4, -0.2) is 40.4 Å². The Kier molecular flexibility index (Phi) is 4.82. The lowest BCUT2D eigenvalue weighted by molar-refractivity contribution is -0.127. The summed E-state index contributed by atoms with van der Waals surface area (Å²) in [5.41, 5.74) is 5.40. The number of hydrogen-bond donors (Lipinski definition) is 2. The van der Waals surface area contributed by atoms with Crippen LogP contribution in [0.15, 0.2) is 6.20 Å². The average molecular weight is 255 g/mol. The zero-order valence-corrected chi connectivity index (χ0v) is 10.8. The third kappa shape index (κ3) is 3.83. The van der Waals surface area contributed by atoms with Gasteiger partial charge >= 0.3 is 0 Å². The lowest BCUT2D eigenvalue weighted by Gasteiger charge is -2.23. The van der Waals surface area contributed by atoms with Crippen molar-refractivity contribution in [2.24, 2.45) is 0 Å². The molecule has 0 aliphatic rings. The standard InChI is InChI=1S/C11H18FN5O/c1-4-8(6-17(3)7(2)18)15-10-9(12)5-14-11(13)16-10/h5,8H,4,6H2,1-3H3,(H3,13,14,15,16). The van der Waals surface area contributed by atoms with Gasteiger partial charge in [-0.15, -0.1) is 0 Å². The molecule has 0 spiro atoms. The van der Waals surface area contributed by atoms with Crippen molar-refractivity contribution in [2.45, 2.75) is 26.3 Å². The number of carbonyl (C=O) groups excluding carboxylic acids is 1. The van der Waals surface area contributed by atoms with Gasteiger partial charge in [-0.05, 0) is 6.42 Å². The van der Waals surface area contributed by atoms with Crippen LogP contribution in [-0.2, 0) is 4.79 Å². The number of likely N-dealkylation sites (N-methyl/N-ethyl adjacent to an activating group) is 1. The maximum absolute atomic E-state index is 13.4. The first kappa shape index (κ1) is 14.1. The summed E-state index contributed by atoms with van der Waals surface area (Å²) in [5.74, 6) is -0.536. The molecular formula is C11H18FN5O. The van der Waals surface area contributed by atoms with Gasteiger partial charge in [-0.2, -0.15) is 4.98 Å². The van der Waals surface area contributed by atoms with E-state index in [1.165, 1.54) is 6.92 Å². The van der Waals surface area contributed by atoms with Gasteiger partial charge in [0.15, 0.2) is 11.6 Å². The van der Waals surface area contributed by atoms with Crippen LogP contribution in [0.3, 0.4) is 0 Å². The fourth-order valence-corrected chi connectivity index (χ4v) is 1.41. The fraction of sp³-hybridized carbons (Fsp3) is 0.545. The highest BCUT2D eigenvalue weighted by Crippen LogP contribution is 2.13. The molecule has 1 amide bonds. The Morgan fingerprint density at radius 1 is 1.67 bits per heavy atom. The maximum Gasteiger partial charge on any atom is 0.222 e. The molecule has 0 radical (unpaired) electrons. The molecule has 7 heteroatoms. The molecule has 0 aromatic carbocycles. The molecule has 1 aromatic heterocycles. The number of nitrogen functional groups attached to an aromatic ring is 1. The number of nitrogens with zero attached hydrogens (tertiary/aromatic N) is 3. The van der Waals surface area contributed by atoms with Gasteiger partial charge in [0.25, 0.3) is 0 Å². The molecule has 100 valence electrons. The van der Waals surface area contributed by atoms with Crippen molar-refractivity contribution in [3.63, 3.8) is 0 Å². The van der Waals surface area contributed by atoms with E-state index in [0.717, 1.165) is 12.6 Å². The topological polar surface area (TPSA) is 84.1 Å². The smallest absolute Gasteiger partial charge is 0.222 e. The van der Waals surface area contributed by atoms with Crippen LogP contribution in [0.25, 0.3) is 0 Å². The van der Waals surface area contributed by atoms with Crippen LogP contribution in [0.4, 0.5) is 16.2 Å². The third-order valence-electron chi connectivity index (χ3n) is 2.63. The number of amides is 1. The third-order valence-corrected chi connectivity index (χ3v) is 2.63. The number of anilines is 2. The van der Waals surface area contributed by atoms with Gasteiger partial charge in [-0.1, -0.05) is 6.92 Å². The number of nitrogens with two attached hydrogens (primary N) is 1. The molecule has 1 heterocycles. The number of hydrogen-bond acceptors (Lipinski definition) is 5. The Balaban J connectivity index is 2.73. The number of nitrogens with one attached hydrogen (secondary N) is 1. The van der Waals surface area contributed by atoms with Crippen molar-refractivity contribution in [2.75, 3.05) is 24.6 Å². The van der Waals surface area contributed by atoms with Gasteiger partial charge in [0.2, 0.25) is 11.9 Å². The van der Waals surface area contributed by atoms with Gasteiger partial charge in [-0.3, -0.25) is 4.79 Å². The highest BCUT2D eigenvalue weighted by atomic mass is 19.1. The van der Waals surface area contributed by atoms with Crippen LogP contribution in [0.2, 0.25) is 0 Å². The van der Waals surface area contributed by atoms with Crippen LogP contribution < -0.4 is 11.1 Å². The second-order valence-corrected chi connectivity index (χ2v) is 4.07. The second-order valence-electron chi connectivity index (χ2n) is 4.07. The van der Waals surface area contributed by atoms with Crippen molar-refractivity contribution in [1.29, 1.82) is 0 Å². The van der Waals surface area contributed by atoms with E-state index in [2.05, 4.69) is 15.3 Å². The largest absolute Gasteiger partial charge is 0.368 e. The van der Waals surface area contributed by atoms with Crippen LogP contribution in [0.1, 0.15) is 20.3 Å². The van der Waals surface area contributed by atoms with E-state index >= 15 is 0 Å². The number of halogens is 1. The van der Waals surface area contributed by atoms with Gasteiger partial charge in [-0.25, -0.2) is 9.37 Å². The van der Waals surface area contributed by atoms with Crippen molar-refractivity contribution >= 4 is 17.7 Å². The SMILES string of the molecule is CCC(CN(C)C(C)=O)Nc1nc(N)ncc1F. The molecule has 0 aliphatic heterocycles. The molecule has 0 fully saturated rings. The monoisotopic (exact) mass is 255 g/mol. The Labute approximate surface area is 105 Å². The first-order valence-electron chi connectivity index (χ1n) is 5.70. The van der Waals surface area contributed by atoms with Gasteiger partial charge in [0.1, 0.15) is 0 Å². The molecule has 1 aromatic rings. The summed E-state index contributed by atoms with van der Waals surface area (Å²) in [6.07, 6.45) is 1.74. The van der Waals surface area contributed by atoms with E-state index in [1.807, 2.05) is 6.92 Å². The van der Waals surface area contributed by atoms with Crippen molar-refractivity contribution < 1.29 is 9.18 Å². The van der Waals surface area contributed by atoms with E-state index in [0.29, 0.717) is 6.54 Å². The van der Waals surface area contributed by atoms with Crippen LogP contribution in [0.5, 0.6) is 0 Å². The van der Waals surface area contributed by atoms with Crippen LogP contribution in [0, 0.1) is 5.82 Å². The summed E-state index contributed by atoms with van der Waals surface area (Å²) in [4.78, 5) is 20.0. The van der Waals surface area contributed by atoms with Crippen LogP contribution >= 0.6 is 0 Å². The van der Waals surface area contributed by atoms with E-state index < -0.39 is 5.82 Å². The molecule has 1 atom stereocenters. The van der Waals surface area contributed by atoms with E-state index in [4.69, 9.17) is 5.73 Å². The molecule has 1 rings (SSSR count). The van der Waals surface area contributed by atoms with Gasteiger partial charge in [0, 0.05) is 26.6 Å². The van der Waals surface area contributed by atoms with E-state index in [9.17, 15) is 9.18 Å². The maximum atomic E-state index is 13.4. The Hall–Kier alpha value is -1.92. The lowest BCUT2D eigenvalue weighted by atomic mass is 10.2. The highest BCUT2D eigenvalue weighted by molar-refractivity contribution is 5.72. The Morgan fingerprint density at radius 2 is 2.33 bits per heavy atom. The number of carbonyl (C=O) groups is 1. The van der Waals surface area contributed by atoms with Crippen molar-refractivity contribution in [1.82, 2.24) is 14.9 Å². The first-order valence-corrected chi connectivity index (χ1v) is 5.70. The normalized spacial score (nSPS) is 12.0. The molecule has 0 bridgehead atoms. The molecular weight excluding hydrogens is 237 g/mol. The second kappa shape index (κ2) is 6.13. The minimum absolute atomic E-state index is 0.00803. The predicted octanol–water partition coefficient (Wildman–Crippen LogP) is 0.867. The zero-order valence-electron chi connectivity index (χ0n) is 10.8. The molecule has 6 nitrogen and oxygen atoms in total. The Bertz CT molecular complexity index is 426. The van der Waals surface area contributed by atoms with Gasteiger partial charge < -0.3 is 16.0 Å². The van der Waals surface area contributed by atoms with Gasteiger partial charge in [0.05, 0.1) is 6.20 Å².